The predicted octanol–water partition coefficient (Wildman–Crippen LogP) is 2.37. The zero-order valence-corrected chi connectivity index (χ0v) is 13.0. The molecule has 114 valence electrons. The molecule has 0 atom stereocenters. The third-order valence-corrected chi connectivity index (χ3v) is 4.39. The van der Waals surface area contributed by atoms with Gasteiger partial charge in [0.05, 0.1) is 20.8 Å². The van der Waals surface area contributed by atoms with Crippen molar-refractivity contribution in [3.63, 3.8) is 0 Å². The summed E-state index contributed by atoms with van der Waals surface area (Å²) in [5.74, 6) is 1.40. The van der Waals surface area contributed by atoms with Crippen molar-refractivity contribution in [1.29, 1.82) is 0 Å². The van der Waals surface area contributed by atoms with Gasteiger partial charge in [-0.3, -0.25) is 4.57 Å². The Bertz CT molecular complexity index is 834. The summed E-state index contributed by atoms with van der Waals surface area (Å²) < 4.78 is 12.1. The summed E-state index contributed by atoms with van der Waals surface area (Å²) in [6, 6.07) is 9.86. The summed E-state index contributed by atoms with van der Waals surface area (Å²) in [7, 11) is 3.23. The highest BCUT2D eigenvalue weighted by molar-refractivity contribution is 7.15. The van der Waals surface area contributed by atoms with Crippen molar-refractivity contribution in [1.82, 2.24) is 14.8 Å². The third-order valence-electron chi connectivity index (χ3n) is 3.27. The number of H-pyrrole nitrogens is 1. The topological polar surface area (TPSA) is 69.1 Å². The van der Waals surface area contributed by atoms with Crippen LogP contribution in [0.2, 0.25) is 0 Å². The maximum absolute atomic E-state index is 11.5. The highest BCUT2D eigenvalue weighted by Crippen LogP contribution is 2.35. The third kappa shape index (κ3) is 2.75. The summed E-state index contributed by atoms with van der Waals surface area (Å²) >= 11 is 1.63. The van der Waals surface area contributed by atoms with E-state index in [0.717, 1.165) is 15.3 Å². The Labute approximate surface area is 130 Å². The molecule has 0 saturated heterocycles. The number of aromatic amines is 1. The zero-order chi connectivity index (χ0) is 15.5. The van der Waals surface area contributed by atoms with Crippen molar-refractivity contribution in [3.8, 4) is 21.9 Å². The quantitative estimate of drug-likeness (QED) is 0.784. The fraction of sp³-hybridized carbons (Fsp3) is 0.200. The van der Waals surface area contributed by atoms with Crippen LogP contribution in [-0.2, 0) is 6.54 Å². The monoisotopic (exact) mass is 317 g/mol. The van der Waals surface area contributed by atoms with Gasteiger partial charge >= 0.3 is 5.69 Å². The molecule has 0 unspecified atom stereocenters. The molecule has 0 bridgehead atoms. The molecule has 2 aromatic heterocycles. The number of aromatic nitrogens is 3. The Hall–Kier alpha value is -2.54. The van der Waals surface area contributed by atoms with Crippen LogP contribution in [0.15, 0.2) is 41.5 Å². The predicted molar refractivity (Wildman–Crippen MR) is 84.8 cm³/mol. The smallest absolute Gasteiger partial charge is 0.343 e. The zero-order valence-electron chi connectivity index (χ0n) is 12.2. The van der Waals surface area contributed by atoms with E-state index in [-0.39, 0.29) is 5.69 Å². The van der Waals surface area contributed by atoms with Crippen LogP contribution in [-0.4, -0.2) is 29.0 Å². The van der Waals surface area contributed by atoms with E-state index < -0.39 is 0 Å². The van der Waals surface area contributed by atoms with Crippen LogP contribution in [0.4, 0.5) is 0 Å². The maximum atomic E-state index is 11.5. The Balaban J connectivity index is 1.87. The van der Waals surface area contributed by atoms with Gasteiger partial charge < -0.3 is 9.47 Å². The Morgan fingerprint density at radius 3 is 2.68 bits per heavy atom. The number of nitrogens with zero attached hydrogens (tertiary/aromatic N) is 2. The molecule has 1 aromatic carbocycles. The molecule has 0 radical (unpaired) electrons. The SMILES string of the molecule is COc1ccc(-c2ccc(Cn3cn[nH]c3=O)s2)cc1OC. The first-order valence-electron chi connectivity index (χ1n) is 6.62. The van der Waals surface area contributed by atoms with E-state index in [4.69, 9.17) is 9.47 Å². The first-order chi connectivity index (χ1) is 10.7. The molecule has 7 heteroatoms. The van der Waals surface area contributed by atoms with Gasteiger partial charge in [0.2, 0.25) is 0 Å². The summed E-state index contributed by atoms with van der Waals surface area (Å²) in [6.45, 7) is 0.507. The van der Waals surface area contributed by atoms with Gasteiger partial charge in [0.1, 0.15) is 6.33 Å². The van der Waals surface area contributed by atoms with Crippen molar-refractivity contribution >= 4 is 11.3 Å². The molecule has 0 aliphatic carbocycles. The second-order valence-corrected chi connectivity index (χ2v) is 5.79. The number of methoxy groups -OCH3 is 2. The minimum atomic E-state index is -0.207. The first kappa shape index (κ1) is 14.4. The van der Waals surface area contributed by atoms with Crippen molar-refractivity contribution in [2.45, 2.75) is 6.54 Å². The summed E-state index contributed by atoms with van der Waals surface area (Å²) in [6.07, 6.45) is 1.50. The maximum Gasteiger partial charge on any atom is 0.343 e. The minimum Gasteiger partial charge on any atom is -0.493 e. The molecule has 22 heavy (non-hydrogen) atoms. The van der Waals surface area contributed by atoms with Gasteiger partial charge in [-0.2, -0.15) is 5.10 Å². The van der Waals surface area contributed by atoms with Crippen LogP contribution in [0.5, 0.6) is 11.5 Å². The van der Waals surface area contributed by atoms with Gasteiger partial charge in [-0.05, 0) is 35.9 Å². The van der Waals surface area contributed by atoms with E-state index >= 15 is 0 Å². The van der Waals surface area contributed by atoms with Gasteiger partial charge in [0.25, 0.3) is 0 Å². The first-order valence-corrected chi connectivity index (χ1v) is 7.44. The molecule has 6 nitrogen and oxygen atoms in total. The molecule has 1 N–H and O–H groups in total. The highest BCUT2D eigenvalue weighted by Gasteiger charge is 2.09. The van der Waals surface area contributed by atoms with E-state index in [9.17, 15) is 4.79 Å². The lowest BCUT2D eigenvalue weighted by Crippen LogP contribution is -2.16. The van der Waals surface area contributed by atoms with Crippen LogP contribution in [0.25, 0.3) is 10.4 Å². The lowest BCUT2D eigenvalue weighted by molar-refractivity contribution is 0.355. The van der Waals surface area contributed by atoms with Crippen LogP contribution >= 0.6 is 11.3 Å². The van der Waals surface area contributed by atoms with Crippen LogP contribution in [0.1, 0.15) is 4.88 Å². The molecule has 0 aliphatic heterocycles. The van der Waals surface area contributed by atoms with E-state index in [0.29, 0.717) is 18.0 Å². The number of ether oxygens (including phenoxy) is 2. The van der Waals surface area contributed by atoms with Gasteiger partial charge in [0.15, 0.2) is 11.5 Å². The van der Waals surface area contributed by atoms with Crippen molar-refractivity contribution < 1.29 is 9.47 Å². The Morgan fingerprint density at radius 2 is 2.00 bits per heavy atom. The number of thiophene rings is 1. The number of benzene rings is 1. The van der Waals surface area contributed by atoms with Crippen molar-refractivity contribution in [2.75, 3.05) is 14.2 Å². The van der Waals surface area contributed by atoms with Crippen LogP contribution < -0.4 is 15.2 Å². The highest BCUT2D eigenvalue weighted by atomic mass is 32.1. The van der Waals surface area contributed by atoms with Gasteiger partial charge in [-0.1, -0.05) is 0 Å². The molecule has 2 heterocycles. The molecule has 0 fully saturated rings. The van der Waals surface area contributed by atoms with E-state index in [1.165, 1.54) is 10.9 Å². The largest absolute Gasteiger partial charge is 0.493 e. The van der Waals surface area contributed by atoms with E-state index in [1.807, 2.05) is 30.3 Å². The average molecular weight is 317 g/mol. The number of hydrogen-bond donors (Lipinski definition) is 1. The second kappa shape index (κ2) is 6.07. The Kier molecular flexibility index (Phi) is 3.97. The van der Waals surface area contributed by atoms with Crippen LogP contribution in [0.3, 0.4) is 0 Å². The summed E-state index contributed by atoms with van der Waals surface area (Å²) in [5, 5.41) is 6.11. The molecule has 0 amide bonds. The molecule has 3 aromatic rings. The van der Waals surface area contributed by atoms with Gasteiger partial charge in [0, 0.05) is 9.75 Å². The van der Waals surface area contributed by atoms with Gasteiger partial charge in [-0.25, -0.2) is 9.89 Å². The van der Waals surface area contributed by atoms with Crippen LogP contribution in [0, 0.1) is 0 Å². The molecule has 0 spiro atoms. The number of nitrogens with one attached hydrogen (secondary N) is 1. The molecule has 3 rings (SSSR count). The molecule has 0 aliphatic rings. The number of rotatable bonds is 5. The lowest BCUT2D eigenvalue weighted by Gasteiger charge is -2.08. The molecule has 0 saturated carbocycles. The normalized spacial score (nSPS) is 10.6. The Morgan fingerprint density at radius 1 is 1.18 bits per heavy atom. The van der Waals surface area contributed by atoms with E-state index in [1.54, 1.807) is 25.6 Å². The number of hydrogen-bond acceptors (Lipinski definition) is 5. The lowest BCUT2D eigenvalue weighted by atomic mass is 10.1. The summed E-state index contributed by atoms with van der Waals surface area (Å²) in [4.78, 5) is 13.7. The van der Waals surface area contributed by atoms with Gasteiger partial charge in [-0.15, -0.1) is 11.3 Å². The second-order valence-electron chi connectivity index (χ2n) is 4.63. The van der Waals surface area contributed by atoms with E-state index in [2.05, 4.69) is 10.2 Å². The molecular weight excluding hydrogens is 302 g/mol. The fourth-order valence-electron chi connectivity index (χ4n) is 2.16. The average Bonchev–Trinajstić information content (AvgIpc) is 3.17. The fourth-order valence-corrected chi connectivity index (χ4v) is 3.16. The standard InChI is InChI=1S/C15H15N3O3S/c1-20-12-5-3-10(7-13(12)21-2)14-6-4-11(22-14)8-18-9-16-17-15(18)19/h3-7,9H,8H2,1-2H3,(H,17,19). The van der Waals surface area contributed by atoms with Crippen molar-refractivity contribution in [2.24, 2.45) is 0 Å². The molecular formula is C15H15N3O3S. The minimum absolute atomic E-state index is 0.207. The summed E-state index contributed by atoms with van der Waals surface area (Å²) in [5.41, 5.74) is 0.842. The van der Waals surface area contributed by atoms with Crippen molar-refractivity contribution in [3.05, 3.63) is 52.0 Å².